The minimum absolute atomic E-state index is 0.536. The highest BCUT2D eigenvalue weighted by Crippen LogP contribution is 2.11. The van der Waals surface area contributed by atoms with Crippen molar-refractivity contribution in [1.82, 2.24) is 9.88 Å². The Bertz CT molecular complexity index is 292. The molecule has 2 N–H and O–H groups in total. The molecular weight excluding hydrogens is 174 g/mol. The first-order chi connectivity index (χ1) is 6.88. The van der Waals surface area contributed by atoms with E-state index in [0.717, 1.165) is 17.9 Å². The molecule has 2 rings (SSSR count). The average Bonchev–Trinajstić information content (AvgIpc) is 2.71. The van der Waals surface area contributed by atoms with Crippen molar-refractivity contribution < 1.29 is 0 Å². The molecule has 76 valence electrons. The summed E-state index contributed by atoms with van der Waals surface area (Å²) in [7, 11) is 0. The molecule has 1 aliphatic rings. The van der Waals surface area contributed by atoms with Crippen molar-refractivity contribution in [2.75, 3.05) is 13.1 Å². The lowest BCUT2D eigenvalue weighted by atomic mass is 10.3. The SMILES string of the molecule is NCc1cccc(CN2CCCC2)n1. The number of hydrogen-bond acceptors (Lipinski definition) is 3. The van der Waals surface area contributed by atoms with E-state index >= 15 is 0 Å². The lowest BCUT2D eigenvalue weighted by Gasteiger charge is -2.13. The number of hydrogen-bond donors (Lipinski definition) is 1. The van der Waals surface area contributed by atoms with Crippen molar-refractivity contribution in [3.05, 3.63) is 29.6 Å². The molecule has 1 saturated heterocycles. The Labute approximate surface area is 84.9 Å². The van der Waals surface area contributed by atoms with Gasteiger partial charge in [0.15, 0.2) is 0 Å². The lowest BCUT2D eigenvalue weighted by Crippen LogP contribution is -2.19. The molecule has 0 unspecified atom stereocenters. The molecule has 0 bridgehead atoms. The number of rotatable bonds is 3. The van der Waals surface area contributed by atoms with Crippen LogP contribution < -0.4 is 5.73 Å². The van der Waals surface area contributed by atoms with Gasteiger partial charge in [-0.15, -0.1) is 0 Å². The average molecular weight is 191 g/mol. The van der Waals surface area contributed by atoms with E-state index in [1.54, 1.807) is 0 Å². The van der Waals surface area contributed by atoms with Crippen LogP contribution in [0.1, 0.15) is 24.2 Å². The normalized spacial score (nSPS) is 17.5. The second kappa shape index (κ2) is 4.53. The zero-order valence-electron chi connectivity index (χ0n) is 8.45. The molecule has 1 aromatic rings. The molecule has 3 heteroatoms. The monoisotopic (exact) mass is 191 g/mol. The van der Waals surface area contributed by atoms with E-state index in [-0.39, 0.29) is 0 Å². The summed E-state index contributed by atoms with van der Waals surface area (Å²) in [6.07, 6.45) is 2.66. The predicted molar refractivity (Wildman–Crippen MR) is 56.6 cm³/mol. The highest BCUT2D eigenvalue weighted by molar-refractivity contribution is 5.11. The third-order valence-electron chi connectivity index (χ3n) is 2.66. The molecule has 1 aromatic heterocycles. The summed E-state index contributed by atoms with van der Waals surface area (Å²) in [4.78, 5) is 6.94. The van der Waals surface area contributed by atoms with Crippen molar-refractivity contribution in [3.63, 3.8) is 0 Å². The van der Waals surface area contributed by atoms with Gasteiger partial charge in [0, 0.05) is 13.1 Å². The van der Waals surface area contributed by atoms with Gasteiger partial charge in [0.2, 0.25) is 0 Å². The summed E-state index contributed by atoms with van der Waals surface area (Å²) in [5.41, 5.74) is 7.69. The number of aromatic nitrogens is 1. The van der Waals surface area contributed by atoms with Crippen LogP contribution in [0.4, 0.5) is 0 Å². The molecule has 0 spiro atoms. The molecule has 2 heterocycles. The third-order valence-corrected chi connectivity index (χ3v) is 2.66. The number of nitrogens with two attached hydrogens (primary N) is 1. The van der Waals surface area contributed by atoms with E-state index in [0.29, 0.717) is 6.54 Å². The second-order valence-electron chi connectivity index (χ2n) is 3.81. The van der Waals surface area contributed by atoms with Gasteiger partial charge >= 0.3 is 0 Å². The maximum atomic E-state index is 5.55. The molecule has 0 aliphatic carbocycles. The van der Waals surface area contributed by atoms with Gasteiger partial charge < -0.3 is 5.73 Å². The summed E-state index contributed by atoms with van der Waals surface area (Å²) >= 11 is 0. The van der Waals surface area contributed by atoms with Crippen molar-refractivity contribution in [2.45, 2.75) is 25.9 Å². The van der Waals surface area contributed by atoms with Gasteiger partial charge in [-0.2, -0.15) is 0 Å². The fourth-order valence-corrected chi connectivity index (χ4v) is 1.90. The topological polar surface area (TPSA) is 42.1 Å². The molecule has 0 radical (unpaired) electrons. The highest BCUT2D eigenvalue weighted by Gasteiger charge is 2.12. The Kier molecular flexibility index (Phi) is 3.11. The lowest BCUT2D eigenvalue weighted by molar-refractivity contribution is 0.327. The van der Waals surface area contributed by atoms with Crippen LogP contribution in [0.5, 0.6) is 0 Å². The predicted octanol–water partition coefficient (Wildman–Crippen LogP) is 1.14. The maximum absolute atomic E-state index is 5.55. The largest absolute Gasteiger partial charge is 0.325 e. The number of nitrogens with zero attached hydrogens (tertiary/aromatic N) is 2. The van der Waals surface area contributed by atoms with E-state index in [1.165, 1.54) is 25.9 Å². The van der Waals surface area contributed by atoms with E-state index in [4.69, 9.17) is 5.73 Å². The Hall–Kier alpha value is -0.930. The van der Waals surface area contributed by atoms with Gasteiger partial charge in [-0.25, -0.2) is 0 Å². The molecule has 1 aliphatic heterocycles. The Balaban J connectivity index is 2.00. The summed E-state index contributed by atoms with van der Waals surface area (Å²) in [5, 5.41) is 0. The quantitative estimate of drug-likeness (QED) is 0.779. The first kappa shape index (κ1) is 9.62. The van der Waals surface area contributed by atoms with Crippen LogP contribution >= 0.6 is 0 Å². The van der Waals surface area contributed by atoms with E-state index in [2.05, 4.69) is 16.0 Å². The minimum Gasteiger partial charge on any atom is -0.325 e. The van der Waals surface area contributed by atoms with Gasteiger partial charge in [0.1, 0.15) is 0 Å². The van der Waals surface area contributed by atoms with Crippen LogP contribution in [0.3, 0.4) is 0 Å². The number of likely N-dealkylation sites (tertiary alicyclic amines) is 1. The molecule has 1 fully saturated rings. The summed E-state index contributed by atoms with van der Waals surface area (Å²) in [6.45, 7) is 3.95. The fraction of sp³-hybridized carbons (Fsp3) is 0.545. The van der Waals surface area contributed by atoms with Gasteiger partial charge in [0.25, 0.3) is 0 Å². The van der Waals surface area contributed by atoms with Crippen molar-refractivity contribution in [2.24, 2.45) is 5.73 Å². The zero-order valence-corrected chi connectivity index (χ0v) is 8.45. The van der Waals surface area contributed by atoms with Crippen LogP contribution in [-0.2, 0) is 13.1 Å². The van der Waals surface area contributed by atoms with E-state index in [1.807, 2.05) is 12.1 Å². The summed E-state index contributed by atoms with van der Waals surface area (Å²) in [5.74, 6) is 0. The van der Waals surface area contributed by atoms with Crippen LogP contribution in [0.25, 0.3) is 0 Å². The van der Waals surface area contributed by atoms with Gasteiger partial charge in [-0.1, -0.05) is 6.07 Å². The first-order valence-electron chi connectivity index (χ1n) is 5.26. The third kappa shape index (κ3) is 2.30. The van der Waals surface area contributed by atoms with Crippen molar-refractivity contribution in [1.29, 1.82) is 0 Å². The van der Waals surface area contributed by atoms with E-state index in [9.17, 15) is 0 Å². The van der Waals surface area contributed by atoms with Crippen molar-refractivity contribution >= 4 is 0 Å². The fourth-order valence-electron chi connectivity index (χ4n) is 1.90. The highest BCUT2D eigenvalue weighted by atomic mass is 15.1. The van der Waals surface area contributed by atoms with Crippen LogP contribution in [0, 0.1) is 0 Å². The zero-order chi connectivity index (χ0) is 9.80. The molecule has 0 aromatic carbocycles. The molecule has 0 saturated carbocycles. The smallest absolute Gasteiger partial charge is 0.0547 e. The van der Waals surface area contributed by atoms with Crippen molar-refractivity contribution in [3.8, 4) is 0 Å². The summed E-state index contributed by atoms with van der Waals surface area (Å²) < 4.78 is 0. The van der Waals surface area contributed by atoms with Crippen LogP contribution in [-0.4, -0.2) is 23.0 Å². The Morgan fingerprint density at radius 3 is 2.64 bits per heavy atom. The maximum Gasteiger partial charge on any atom is 0.0547 e. The Morgan fingerprint density at radius 1 is 1.21 bits per heavy atom. The molecule has 3 nitrogen and oxygen atoms in total. The van der Waals surface area contributed by atoms with E-state index < -0.39 is 0 Å². The van der Waals surface area contributed by atoms with Crippen LogP contribution in [0.2, 0.25) is 0 Å². The second-order valence-corrected chi connectivity index (χ2v) is 3.81. The van der Waals surface area contributed by atoms with Gasteiger partial charge in [-0.3, -0.25) is 9.88 Å². The first-order valence-corrected chi connectivity index (χ1v) is 5.26. The summed E-state index contributed by atoms with van der Waals surface area (Å²) in [6, 6.07) is 6.10. The van der Waals surface area contributed by atoms with Gasteiger partial charge in [0.05, 0.1) is 11.4 Å². The van der Waals surface area contributed by atoms with Crippen LogP contribution in [0.15, 0.2) is 18.2 Å². The standard InChI is InChI=1S/C11H17N3/c12-8-10-4-3-5-11(13-10)9-14-6-1-2-7-14/h3-5H,1-2,6-9,12H2. The molecular formula is C11H17N3. The number of pyridine rings is 1. The Morgan fingerprint density at radius 2 is 1.93 bits per heavy atom. The molecule has 0 amide bonds. The minimum atomic E-state index is 0.536. The molecule has 14 heavy (non-hydrogen) atoms. The van der Waals surface area contributed by atoms with Gasteiger partial charge in [-0.05, 0) is 38.1 Å². The molecule has 0 atom stereocenters.